The van der Waals surface area contributed by atoms with Gasteiger partial charge in [-0.25, -0.2) is 4.98 Å². The number of carbonyl (C=O) groups excluding carboxylic acids is 1. The molecule has 31 heavy (non-hydrogen) atoms. The second-order valence-electron chi connectivity index (χ2n) is 9.10. The fourth-order valence-corrected chi connectivity index (χ4v) is 5.09. The predicted molar refractivity (Wildman–Crippen MR) is 119 cm³/mol. The van der Waals surface area contributed by atoms with Gasteiger partial charge in [0, 0.05) is 58.0 Å². The summed E-state index contributed by atoms with van der Waals surface area (Å²) in [6, 6.07) is 8.54. The van der Waals surface area contributed by atoms with Gasteiger partial charge in [0.15, 0.2) is 0 Å². The van der Waals surface area contributed by atoms with Crippen LogP contribution < -0.4 is 4.74 Å². The van der Waals surface area contributed by atoms with Crippen molar-refractivity contribution in [3.05, 3.63) is 48.0 Å². The van der Waals surface area contributed by atoms with E-state index in [1.807, 2.05) is 23.4 Å². The number of carbonyl (C=O) groups is 1. The topological polar surface area (TPSA) is 59.8 Å². The van der Waals surface area contributed by atoms with Crippen molar-refractivity contribution in [2.45, 2.75) is 38.8 Å². The van der Waals surface area contributed by atoms with E-state index in [4.69, 9.17) is 14.5 Å². The molecular weight excluding hydrogens is 392 g/mol. The molecule has 1 amide bonds. The number of rotatable bonds is 8. The van der Waals surface area contributed by atoms with E-state index in [0.29, 0.717) is 19.2 Å². The highest BCUT2D eigenvalue weighted by Crippen LogP contribution is 2.49. The van der Waals surface area contributed by atoms with E-state index >= 15 is 0 Å². The van der Waals surface area contributed by atoms with Gasteiger partial charge in [0.25, 0.3) is 0 Å². The van der Waals surface area contributed by atoms with Crippen molar-refractivity contribution in [1.29, 1.82) is 0 Å². The van der Waals surface area contributed by atoms with Gasteiger partial charge < -0.3 is 18.9 Å². The van der Waals surface area contributed by atoms with E-state index in [9.17, 15) is 4.79 Å². The van der Waals surface area contributed by atoms with Gasteiger partial charge in [0.05, 0.1) is 31.2 Å². The lowest BCUT2D eigenvalue weighted by Gasteiger charge is -2.28. The summed E-state index contributed by atoms with van der Waals surface area (Å²) in [4.78, 5) is 22.8. The third-order valence-corrected chi connectivity index (χ3v) is 6.83. The van der Waals surface area contributed by atoms with Crippen molar-refractivity contribution in [3.63, 3.8) is 0 Å². The maximum absolute atomic E-state index is 13.6. The standard InChI is InChI=1S/C24H34N4O3/c1-18(2)28-15-22(25-17-28)21-14-26(13-19-6-5-7-20(12-19)31-4)16-24(21)8-9-27(23(24)29)10-11-30-3/h5-7,12,15,17-18,21H,8-11,13-14,16H2,1-4H3/t21-,24-/m0/s1. The zero-order valence-electron chi connectivity index (χ0n) is 19.1. The third-order valence-electron chi connectivity index (χ3n) is 6.83. The molecule has 1 spiro atoms. The Kier molecular flexibility index (Phi) is 6.34. The van der Waals surface area contributed by atoms with Gasteiger partial charge in [-0.15, -0.1) is 0 Å². The molecule has 2 fully saturated rings. The Morgan fingerprint density at radius 1 is 1.29 bits per heavy atom. The summed E-state index contributed by atoms with van der Waals surface area (Å²) in [6.45, 7) is 8.70. The van der Waals surface area contributed by atoms with Crippen molar-refractivity contribution < 1.29 is 14.3 Å². The van der Waals surface area contributed by atoms with Gasteiger partial charge in [-0.1, -0.05) is 12.1 Å². The second kappa shape index (κ2) is 9.01. The maximum atomic E-state index is 13.6. The molecule has 2 aromatic rings. The number of methoxy groups -OCH3 is 2. The normalized spacial score (nSPS) is 24.1. The first-order valence-electron chi connectivity index (χ1n) is 11.1. The molecule has 0 saturated carbocycles. The van der Waals surface area contributed by atoms with Gasteiger partial charge >= 0.3 is 0 Å². The molecule has 3 heterocycles. The van der Waals surface area contributed by atoms with Crippen LogP contribution in [0.3, 0.4) is 0 Å². The zero-order chi connectivity index (χ0) is 22.0. The summed E-state index contributed by atoms with van der Waals surface area (Å²) >= 11 is 0. The Balaban J connectivity index is 1.61. The van der Waals surface area contributed by atoms with Crippen LogP contribution in [0, 0.1) is 5.41 Å². The molecule has 2 atom stereocenters. The number of likely N-dealkylation sites (tertiary alicyclic amines) is 2. The summed E-state index contributed by atoms with van der Waals surface area (Å²) in [7, 11) is 3.37. The molecule has 4 rings (SSSR count). The summed E-state index contributed by atoms with van der Waals surface area (Å²) in [5.41, 5.74) is 1.82. The summed E-state index contributed by atoms with van der Waals surface area (Å²) in [6.07, 6.45) is 4.90. The Labute approximate surface area is 184 Å². The van der Waals surface area contributed by atoms with Crippen LogP contribution in [0.4, 0.5) is 0 Å². The highest BCUT2D eigenvalue weighted by Gasteiger charge is 2.57. The molecule has 2 aliphatic rings. The first-order valence-corrected chi connectivity index (χ1v) is 11.1. The second-order valence-corrected chi connectivity index (χ2v) is 9.10. The SMILES string of the molecule is COCCN1CC[C@@]2(CN(Cc3cccc(OC)c3)C[C@H]2c2cn(C(C)C)cn2)C1=O. The van der Waals surface area contributed by atoms with E-state index < -0.39 is 5.41 Å². The van der Waals surface area contributed by atoms with Crippen LogP contribution in [0.5, 0.6) is 5.75 Å². The van der Waals surface area contributed by atoms with Crippen LogP contribution in [0.2, 0.25) is 0 Å². The third kappa shape index (κ3) is 4.21. The number of nitrogens with zero attached hydrogens (tertiary/aromatic N) is 4. The number of amides is 1. The molecule has 2 aliphatic heterocycles. The Hall–Kier alpha value is -2.38. The smallest absolute Gasteiger partial charge is 0.230 e. The Morgan fingerprint density at radius 2 is 2.13 bits per heavy atom. The van der Waals surface area contributed by atoms with Crippen LogP contribution in [0.25, 0.3) is 0 Å². The number of ether oxygens (including phenoxy) is 2. The summed E-state index contributed by atoms with van der Waals surface area (Å²) in [5, 5.41) is 0. The fourth-order valence-electron chi connectivity index (χ4n) is 5.09. The van der Waals surface area contributed by atoms with Crippen molar-refractivity contribution in [1.82, 2.24) is 19.4 Å². The molecule has 2 saturated heterocycles. The van der Waals surface area contributed by atoms with Crippen LogP contribution >= 0.6 is 0 Å². The van der Waals surface area contributed by atoms with Gasteiger partial charge in [-0.3, -0.25) is 9.69 Å². The van der Waals surface area contributed by atoms with Crippen LogP contribution in [0.1, 0.15) is 43.5 Å². The van der Waals surface area contributed by atoms with Crippen LogP contribution in [0.15, 0.2) is 36.8 Å². The molecular formula is C24H34N4O3. The first-order chi connectivity index (χ1) is 15.0. The van der Waals surface area contributed by atoms with E-state index in [1.54, 1.807) is 14.2 Å². The lowest BCUT2D eigenvalue weighted by atomic mass is 9.75. The highest BCUT2D eigenvalue weighted by atomic mass is 16.5. The van der Waals surface area contributed by atoms with Crippen LogP contribution in [-0.2, 0) is 16.1 Å². The minimum absolute atomic E-state index is 0.0955. The van der Waals surface area contributed by atoms with Gasteiger partial charge in [-0.2, -0.15) is 0 Å². The first kappa shape index (κ1) is 21.8. The van der Waals surface area contributed by atoms with Gasteiger partial charge in [-0.05, 0) is 38.0 Å². The zero-order valence-corrected chi connectivity index (χ0v) is 19.1. The number of hydrogen-bond donors (Lipinski definition) is 0. The van der Waals surface area contributed by atoms with Gasteiger partial charge in [0.1, 0.15) is 5.75 Å². The van der Waals surface area contributed by atoms with Crippen molar-refractivity contribution in [3.8, 4) is 5.75 Å². The molecule has 0 radical (unpaired) electrons. The van der Waals surface area contributed by atoms with Crippen molar-refractivity contribution in [2.24, 2.45) is 5.41 Å². The van der Waals surface area contributed by atoms with Crippen molar-refractivity contribution in [2.75, 3.05) is 47.0 Å². The van der Waals surface area contributed by atoms with E-state index in [0.717, 1.165) is 44.0 Å². The minimum atomic E-state index is -0.414. The molecule has 0 bridgehead atoms. The van der Waals surface area contributed by atoms with Gasteiger partial charge in [0.2, 0.25) is 5.91 Å². The minimum Gasteiger partial charge on any atom is -0.497 e. The van der Waals surface area contributed by atoms with E-state index in [2.05, 4.69) is 41.6 Å². The predicted octanol–water partition coefficient (Wildman–Crippen LogP) is 2.94. The molecule has 1 aromatic carbocycles. The van der Waals surface area contributed by atoms with Crippen LogP contribution in [-0.4, -0.2) is 72.3 Å². The monoisotopic (exact) mass is 426 g/mol. The number of hydrogen-bond acceptors (Lipinski definition) is 5. The largest absolute Gasteiger partial charge is 0.497 e. The molecule has 7 nitrogen and oxygen atoms in total. The fraction of sp³-hybridized carbons (Fsp3) is 0.583. The molecule has 168 valence electrons. The lowest BCUT2D eigenvalue weighted by Crippen LogP contribution is -2.40. The van der Waals surface area contributed by atoms with Crippen molar-refractivity contribution >= 4 is 5.91 Å². The van der Waals surface area contributed by atoms with E-state index in [-0.39, 0.29) is 11.8 Å². The average Bonchev–Trinajstić information content (AvgIpc) is 3.46. The highest BCUT2D eigenvalue weighted by molar-refractivity contribution is 5.86. The number of aromatic nitrogens is 2. The quantitative estimate of drug-likeness (QED) is 0.650. The van der Waals surface area contributed by atoms with E-state index in [1.165, 1.54) is 5.56 Å². The molecule has 0 aliphatic carbocycles. The lowest BCUT2D eigenvalue weighted by molar-refractivity contribution is -0.136. The molecule has 0 unspecified atom stereocenters. The Bertz CT molecular complexity index is 912. The summed E-state index contributed by atoms with van der Waals surface area (Å²) < 4.78 is 12.8. The molecule has 7 heteroatoms. The number of imidazole rings is 1. The number of benzene rings is 1. The molecule has 0 N–H and O–H groups in total. The molecule has 1 aromatic heterocycles. The summed E-state index contributed by atoms with van der Waals surface area (Å²) in [5.74, 6) is 1.21. The average molecular weight is 427 g/mol. The Morgan fingerprint density at radius 3 is 2.84 bits per heavy atom. The maximum Gasteiger partial charge on any atom is 0.230 e.